The molecule has 1 aliphatic heterocycles. The van der Waals surface area contributed by atoms with Gasteiger partial charge in [-0.2, -0.15) is 0 Å². The molecular weight excluding hydrogens is 352 g/mol. The number of hydrogen-bond acceptors (Lipinski definition) is 4. The topological polar surface area (TPSA) is 87.5 Å². The zero-order chi connectivity index (χ0) is 19.9. The number of nitrogen functional groups attached to an aromatic ring is 1. The van der Waals surface area contributed by atoms with Crippen LogP contribution in [0.5, 0.6) is 0 Å². The van der Waals surface area contributed by atoms with Crippen molar-refractivity contribution in [2.24, 2.45) is 0 Å². The van der Waals surface area contributed by atoms with Crippen LogP contribution in [0.2, 0.25) is 0 Å². The molecule has 0 atom stereocenters. The van der Waals surface area contributed by atoms with Crippen LogP contribution in [0.15, 0.2) is 42.5 Å². The summed E-state index contributed by atoms with van der Waals surface area (Å²) in [7, 11) is 0. The molecule has 1 fully saturated rings. The van der Waals surface area contributed by atoms with Crippen molar-refractivity contribution in [2.45, 2.75) is 32.6 Å². The molecule has 0 radical (unpaired) electrons. The van der Waals surface area contributed by atoms with Gasteiger partial charge in [-0.05, 0) is 68.2 Å². The zero-order valence-corrected chi connectivity index (χ0v) is 16.3. The Morgan fingerprint density at radius 2 is 1.68 bits per heavy atom. The van der Waals surface area contributed by atoms with Gasteiger partial charge in [-0.15, -0.1) is 0 Å². The predicted octanol–water partition coefficient (Wildman–Crippen LogP) is 3.18. The number of amides is 2. The summed E-state index contributed by atoms with van der Waals surface area (Å²) in [5.41, 5.74) is 9.60. The van der Waals surface area contributed by atoms with Gasteiger partial charge in [0, 0.05) is 17.1 Å². The van der Waals surface area contributed by atoms with Gasteiger partial charge in [-0.3, -0.25) is 14.5 Å². The van der Waals surface area contributed by atoms with E-state index in [1.54, 1.807) is 12.1 Å². The number of aryl methyl sites for hydroxylation is 1. The lowest BCUT2D eigenvalue weighted by atomic mass is 10.1. The van der Waals surface area contributed by atoms with Crippen LogP contribution in [0.4, 0.5) is 17.1 Å². The molecule has 28 heavy (non-hydrogen) atoms. The first kappa shape index (κ1) is 19.9. The van der Waals surface area contributed by atoms with Crippen molar-refractivity contribution < 1.29 is 9.59 Å². The van der Waals surface area contributed by atoms with Gasteiger partial charge in [-0.25, -0.2) is 0 Å². The first-order valence-corrected chi connectivity index (χ1v) is 9.77. The Morgan fingerprint density at radius 1 is 0.964 bits per heavy atom. The van der Waals surface area contributed by atoms with E-state index in [0.717, 1.165) is 42.7 Å². The number of piperidine rings is 1. The van der Waals surface area contributed by atoms with Crippen molar-refractivity contribution in [2.75, 3.05) is 36.0 Å². The number of benzene rings is 2. The summed E-state index contributed by atoms with van der Waals surface area (Å²) in [6.45, 7) is 4.31. The number of nitrogens with two attached hydrogens (primary N) is 1. The summed E-state index contributed by atoms with van der Waals surface area (Å²) in [6.07, 6.45) is 3.82. The van der Waals surface area contributed by atoms with E-state index in [1.165, 1.54) is 6.42 Å². The third-order valence-corrected chi connectivity index (χ3v) is 4.96. The van der Waals surface area contributed by atoms with Gasteiger partial charge < -0.3 is 16.4 Å². The van der Waals surface area contributed by atoms with E-state index >= 15 is 0 Å². The maximum absolute atomic E-state index is 12.4. The van der Waals surface area contributed by atoms with Crippen LogP contribution in [-0.2, 0) is 16.0 Å². The van der Waals surface area contributed by atoms with Crippen LogP contribution in [0.3, 0.4) is 0 Å². The molecule has 0 saturated carbocycles. The van der Waals surface area contributed by atoms with Gasteiger partial charge in [0.1, 0.15) is 0 Å². The van der Waals surface area contributed by atoms with E-state index in [1.807, 2.05) is 37.3 Å². The van der Waals surface area contributed by atoms with E-state index < -0.39 is 0 Å². The minimum absolute atomic E-state index is 0.0182. The minimum Gasteiger partial charge on any atom is -0.399 e. The Kier molecular flexibility index (Phi) is 6.66. The smallest absolute Gasteiger partial charge is 0.238 e. The molecule has 1 aliphatic rings. The average Bonchev–Trinajstić information content (AvgIpc) is 2.67. The molecule has 148 valence electrons. The highest BCUT2D eigenvalue weighted by Gasteiger charge is 2.15. The molecule has 0 aromatic heterocycles. The first-order valence-electron chi connectivity index (χ1n) is 9.77. The highest BCUT2D eigenvalue weighted by atomic mass is 16.2. The molecule has 6 heteroatoms. The minimum atomic E-state index is -0.112. The summed E-state index contributed by atoms with van der Waals surface area (Å²) in [5, 5.41) is 5.88. The van der Waals surface area contributed by atoms with Crippen molar-refractivity contribution in [1.82, 2.24) is 4.90 Å². The number of anilines is 3. The van der Waals surface area contributed by atoms with E-state index in [9.17, 15) is 9.59 Å². The van der Waals surface area contributed by atoms with Crippen molar-refractivity contribution >= 4 is 28.9 Å². The number of rotatable bonds is 6. The molecule has 3 rings (SSSR count). The van der Waals surface area contributed by atoms with E-state index in [-0.39, 0.29) is 18.2 Å². The van der Waals surface area contributed by atoms with Gasteiger partial charge in [0.25, 0.3) is 0 Å². The first-order chi connectivity index (χ1) is 13.5. The fourth-order valence-corrected chi connectivity index (χ4v) is 3.37. The van der Waals surface area contributed by atoms with E-state index in [2.05, 4.69) is 15.5 Å². The molecular formula is C22H28N4O2. The van der Waals surface area contributed by atoms with Crippen LogP contribution >= 0.6 is 0 Å². The molecule has 2 aromatic rings. The van der Waals surface area contributed by atoms with Crippen molar-refractivity contribution in [1.29, 1.82) is 0 Å². The fourth-order valence-electron chi connectivity index (χ4n) is 3.37. The normalized spacial score (nSPS) is 14.5. The second-order valence-corrected chi connectivity index (χ2v) is 7.38. The quantitative estimate of drug-likeness (QED) is 0.672. The van der Waals surface area contributed by atoms with Crippen LogP contribution in [0.25, 0.3) is 0 Å². The number of nitrogens with zero attached hydrogens (tertiary/aromatic N) is 1. The van der Waals surface area contributed by atoms with Gasteiger partial charge in [0.2, 0.25) is 11.8 Å². The van der Waals surface area contributed by atoms with Crippen LogP contribution < -0.4 is 16.4 Å². The number of nitrogens with one attached hydrogen (secondary N) is 2. The number of likely N-dealkylation sites (tertiary alicyclic amines) is 1. The molecule has 1 saturated heterocycles. The highest BCUT2D eigenvalue weighted by molar-refractivity contribution is 5.96. The molecule has 4 N–H and O–H groups in total. The van der Waals surface area contributed by atoms with Gasteiger partial charge in [0.15, 0.2) is 0 Å². The van der Waals surface area contributed by atoms with Crippen LogP contribution in [0, 0.1) is 6.92 Å². The number of hydrogen-bond donors (Lipinski definition) is 3. The Hall–Kier alpha value is -2.86. The SMILES string of the molecule is Cc1ccc(NC(=O)Cc2ccc(N)cc2)cc1NC(=O)CN1CCCCC1. The molecule has 0 spiro atoms. The lowest BCUT2D eigenvalue weighted by molar-refractivity contribution is -0.117. The maximum Gasteiger partial charge on any atom is 0.238 e. The van der Waals surface area contributed by atoms with Crippen molar-refractivity contribution in [3.63, 3.8) is 0 Å². The Balaban J connectivity index is 1.58. The summed E-state index contributed by atoms with van der Waals surface area (Å²) in [5.74, 6) is -0.130. The third kappa shape index (κ3) is 5.82. The van der Waals surface area contributed by atoms with Crippen LogP contribution in [0.1, 0.15) is 30.4 Å². The molecule has 2 amide bonds. The third-order valence-electron chi connectivity index (χ3n) is 4.96. The Morgan fingerprint density at radius 3 is 2.39 bits per heavy atom. The van der Waals surface area contributed by atoms with Crippen molar-refractivity contribution in [3.05, 3.63) is 53.6 Å². The number of carbonyl (C=O) groups excluding carboxylic acids is 2. The van der Waals surface area contributed by atoms with Crippen LogP contribution in [-0.4, -0.2) is 36.3 Å². The lowest BCUT2D eigenvalue weighted by Gasteiger charge is -2.25. The largest absolute Gasteiger partial charge is 0.399 e. The number of carbonyl (C=O) groups is 2. The van der Waals surface area contributed by atoms with Gasteiger partial charge >= 0.3 is 0 Å². The zero-order valence-electron chi connectivity index (χ0n) is 16.3. The molecule has 0 aliphatic carbocycles. The molecule has 2 aromatic carbocycles. The molecule has 0 unspecified atom stereocenters. The molecule has 1 heterocycles. The van der Waals surface area contributed by atoms with E-state index in [0.29, 0.717) is 17.9 Å². The standard InChI is InChI=1S/C22H28N4O2/c1-16-5-10-19(24-21(27)13-17-6-8-18(23)9-7-17)14-20(16)25-22(28)15-26-11-3-2-4-12-26/h5-10,14H,2-4,11-13,15,23H2,1H3,(H,24,27)(H,25,28). The Bertz CT molecular complexity index is 827. The van der Waals surface area contributed by atoms with E-state index in [4.69, 9.17) is 5.73 Å². The molecule has 6 nitrogen and oxygen atoms in total. The van der Waals surface area contributed by atoms with Gasteiger partial charge in [0.05, 0.1) is 13.0 Å². The summed E-state index contributed by atoms with van der Waals surface area (Å²) in [4.78, 5) is 26.9. The highest BCUT2D eigenvalue weighted by Crippen LogP contribution is 2.21. The second-order valence-electron chi connectivity index (χ2n) is 7.38. The average molecular weight is 380 g/mol. The monoisotopic (exact) mass is 380 g/mol. The lowest BCUT2D eigenvalue weighted by Crippen LogP contribution is -2.36. The predicted molar refractivity (Wildman–Crippen MR) is 113 cm³/mol. The van der Waals surface area contributed by atoms with Gasteiger partial charge in [-0.1, -0.05) is 24.6 Å². The van der Waals surface area contributed by atoms with Crippen molar-refractivity contribution in [3.8, 4) is 0 Å². The summed E-state index contributed by atoms with van der Waals surface area (Å²) in [6, 6.07) is 12.8. The Labute approximate surface area is 166 Å². The molecule has 0 bridgehead atoms. The fraction of sp³-hybridized carbons (Fsp3) is 0.364. The summed E-state index contributed by atoms with van der Waals surface area (Å²) < 4.78 is 0. The second kappa shape index (κ2) is 9.37. The summed E-state index contributed by atoms with van der Waals surface area (Å²) >= 11 is 0. The maximum atomic E-state index is 12.4.